The van der Waals surface area contributed by atoms with Gasteiger partial charge < -0.3 is 5.32 Å². The SMILES string of the molecule is O=C(Nc1cccc(-c2nc3ccccc3s2)c1)c1ccc(F)cn1. The molecule has 0 bridgehead atoms. The van der Waals surface area contributed by atoms with E-state index in [9.17, 15) is 9.18 Å². The van der Waals surface area contributed by atoms with Crippen molar-refractivity contribution < 1.29 is 9.18 Å². The van der Waals surface area contributed by atoms with Crippen LogP contribution in [0.15, 0.2) is 66.9 Å². The monoisotopic (exact) mass is 349 g/mol. The first-order valence-corrected chi connectivity index (χ1v) is 8.39. The summed E-state index contributed by atoms with van der Waals surface area (Å²) >= 11 is 1.60. The van der Waals surface area contributed by atoms with E-state index in [1.54, 1.807) is 17.4 Å². The number of carbonyl (C=O) groups is 1. The van der Waals surface area contributed by atoms with Crippen LogP contribution in [-0.4, -0.2) is 15.9 Å². The Balaban J connectivity index is 1.60. The molecule has 0 atom stereocenters. The fourth-order valence-electron chi connectivity index (χ4n) is 2.43. The molecular weight excluding hydrogens is 337 g/mol. The molecule has 2 aromatic carbocycles. The highest BCUT2D eigenvalue weighted by molar-refractivity contribution is 7.21. The Kier molecular flexibility index (Phi) is 3.95. The van der Waals surface area contributed by atoms with Crippen molar-refractivity contribution in [2.45, 2.75) is 0 Å². The number of halogens is 1. The van der Waals surface area contributed by atoms with Crippen LogP contribution in [0.2, 0.25) is 0 Å². The summed E-state index contributed by atoms with van der Waals surface area (Å²) in [7, 11) is 0. The zero-order valence-corrected chi connectivity index (χ0v) is 13.8. The lowest BCUT2D eigenvalue weighted by Crippen LogP contribution is -2.13. The fraction of sp³-hybridized carbons (Fsp3) is 0. The Morgan fingerprint density at radius 3 is 2.72 bits per heavy atom. The molecule has 4 aromatic rings. The van der Waals surface area contributed by atoms with Gasteiger partial charge in [-0.05, 0) is 36.4 Å². The van der Waals surface area contributed by atoms with Gasteiger partial charge in [0.2, 0.25) is 0 Å². The van der Waals surface area contributed by atoms with Crippen LogP contribution in [0.3, 0.4) is 0 Å². The molecule has 0 saturated heterocycles. The van der Waals surface area contributed by atoms with Crippen molar-refractivity contribution >= 4 is 33.1 Å². The van der Waals surface area contributed by atoms with Crippen LogP contribution < -0.4 is 5.32 Å². The molecule has 25 heavy (non-hydrogen) atoms. The molecule has 0 spiro atoms. The summed E-state index contributed by atoms with van der Waals surface area (Å²) in [5, 5.41) is 3.66. The fourth-order valence-corrected chi connectivity index (χ4v) is 3.39. The minimum absolute atomic E-state index is 0.159. The predicted molar refractivity (Wildman–Crippen MR) is 97.2 cm³/mol. The summed E-state index contributed by atoms with van der Waals surface area (Å²) in [4.78, 5) is 20.6. The van der Waals surface area contributed by atoms with Gasteiger partial charge in [-0.15, -0.1) is 11.3 Å². The molecule has 2 aromatic heterocycles. The maximum absolute atomic E-state index is 12.9. The third-order valence-electron chi connectivity index (χ3n) is 3.62. The van der Waals surface area contributed by atoms with Gasteiger partial charge in [-0.3, -0.25) is 4.79 Å². The van der Waals surface area contributed by atoms with E-state index in [0.717, 1.165) is 27.0 Å². The van der Waals surface area contributed by atoms with Gasteiger partial charge in [-0.25, -0.2) is 14.4 Å². The molecule has 122 valence electrons. The van der Waals surface area contributed by atoms with E-state index < -0.39 is 5.82 Å². The molecule has 1 N–H and O–H groups in total. The minimum atomic E-state index is -0.477. The van der Waals surface area contributed by atoms with Crippen molar-refractivity contribution in [3.05, 3.63) is 78.4 Å². The largest absolute Gasteiger partial charge is 0.321 e. The summed E-state index contributed by atoms with van der Waals surface area (Å²) < 4.78 is 14.0. The highest BCUT2D eigenvalue weighted by atomic mass is 32.1. The lowest BCUT2D eigenvalue weighted by Gasteiger charge is -2.06. The number of benzene rings is 2. The lowest BCUT2D eigenvalue weighted by atomic mass is 10.2. The standard InChI is InChI=1S/C19H12FN3OS/c20-13-8-9-16(21-11-13)18(24)22-14-5-3-4-12(10-14)19-23-15-6-1-2-7-17(15)25-19/h1-11H,(H,22,24). The van der Waals surface area contributed by atoms with E-state index in [4.69, 9.17) is 0 Å². The smallest absolute Gasteiger partial charge is 0.274 e. The Morgan fingerprint density at radius 1 is 1.04 bits per heavy atom. The number of hydrogen-bond donors (Lipinski definition) is 1. The van der Waals surface area contributed by atoms with Gasteiger partial charge in [0.05, 0.1) is 16.4 Å². The quantitative estimate of drug-likeness (QED) is 0.581. The van der Waals surface area contributed by atoms with Crippen LogP contribution in [0.1, 0.15) is 10.5 Å². The number of rotatable bonds is 3. The van der Waals surface area contributed by atoms with Gasteiger partial charge in [0, 0.05) is 11.3 Å². The maximum atomic E-state index is 12.9. The van der Waals surface area contributed by atoms with E-state index in [1.165, 1.54) is 12.1 Å². The number of hydrogen-bond acceptors (Lipinski definition) is 4. The number of nitrogens with one attached hydrogen (secondary N) is 1. The van der Waals surface area contributed by atoms with Crippen LogP contribution in [-0.2, 0) is 0 Å². The van der Waals surface area contributed by atoms with E-state index in [2.05, 4.69) is 15.3 Å². The Morgan fingerprint density at radius 2 is 1.92 bits per heavy atom. The van der Waals surface area contributed by atoms with Crippen molar-refractivity contribution in [3.63, 3.8) is 0 Å². The zero-order valence-electron chi connectivity index (χ0n) is 12.9. The van der Waals surface area contributed by atoms with E-state index in [-0.39, 0.29) is 11.6 Å². The molecule has 4 rings (SSSR count). The molecule has 0 aliphatic rings. The average Bonchev–Trinajstić information content (AvgIpc) is 3.07. The highest BCUT2D eigenvalue weighted by Crippen LogP contribution is 2.31. The normalized spacial score (nSPS) is 10.8. The molecular formula is C19H12FN3OS. The predicted octanol–water partition coefficient (Wildman–Crippen LogP) is 4.75. The second-order valence-electron chi connectivity index (χ2n) is 5.38. The van der Waals surface area contributed by atoms with Crippen molar-refractivity contribution in [1.29, 1.82) is 0 Å². The van der Waals surface area contributed by atoms with Crippen LogP contribution in [0.25, 0.3) is 20.8 Å². The van der Waals surface area contributed by atoms with Gasteiger partial charge in [-0.2, -0.15) is 0 Å². The molecule has 6 heteroatoms. The molecule has 4 nitrogen and oxygen atoms in total. The molecule has 0 unspecified atom stereocenters. The Hall–Kier alpha value is -3.12. The molecule has 0 saturated carbocycles. The van der Waals surface area contributed by atoms with Crippen LogP contribution in [0.4, 0.5) is 10.1 Å². The molecule has 0 radical (unpaired) electrons. The molecule has 0 aliphatic carbocycles. The van der Waals surface area contributed by atoms with E-state index in [1.807, 2.05) is 42.5 Å². The molecule has 0 fully saturated rings. The summed E-state index contributed by atoms with van der Waals surface area (Å²) in [6, 6.07) is 18.0. The van der Waals surface area contributed by atoms with E-state index in [0.29, 0.717) is 5.69 Å². The number of nitrogens with zero attached hydrogens (tertiary/aromatic N) is 2. The van der Waals surface area contributed by atoms with Gasteiger partial charge in [0.25, 0.3) is 5.91 Å². The third-order valence-corrected chi connectivity index (χ3v) is 4.71. The van der Waals surface area contributed by atoms with Crippen molar-refractivity contribution in [2.75, 3.05) is 5.32 Å². The number of amides is 1. The Bertz CT molecular complexity index is 1030. The number of carbonyl (C=O) groups excluding carboxylic acids is 1. The second kappa shape index (κ2) is 6.41. The summed E-state index contributed by atoms with van der Waals surface area (Å²) in [6.07, 6.45) is 1.02. The van der Waals surface area contributed by atoms with Crippen molar-refractivity contribution in [2.24, 2.45) is 0 Å². The van der Waals surface area contributed by atoms with Crippen LogP contribution in [0.5, 0.6) is 0 Å². The summed E-state index contributed by atoms with van der Waals surface area (Å²) in [5.41, 5.74) is 2.66. The van der Waals surface area contributed by atoms with Crippen LogP contribution >= 0.6 is 11.3 Å². The van der Waals surface area contributed by atoms with E-state index >= 15 is 0 Å². The topological polar surface area (TPSA) is 54.9 Å². The molecule has 0 aliphatic heterocycles. The van der Waals surface area contributed by atoms with Crippen molar-refractivity contribution in [3.8, 4) is 10.6 Å². The first-order valence-electron chi connectivity index (χ1n) is 7.58. The number of para-hydroxylation sites is 1. The number of pyridine rings is 1. The van der Waals surface area contributed by atoms with Gasteiger partial charge in [0.15, 0.2) is 0 Å². The number of fused-ring (bicyclic) bond motifs is 1. The third kappa shape index (κ3) is 3.25. The number of anilines is 1. The van der Waals surface area contributed by atoms with Crippen LogP contribution in [0, 0.1) is 5.82 Å². The lowest BCUT2D eigenvalue weighted by molar-refractivity contribution is 0.102. The van der Waals surface area contributed by atoms with Crippen molar-refractivity contribution in [1.82, 2.24) is 9.97 Å². The minimum Gasteiger partial charge on any atom is -0.321 e. The first-order chi connectivity index (χ1) is 12.2. The number of aromatic nitrogens is 2. The molecule has 2 heterocycles. The number of thiazole rings is 1. The maximum Gasteiger partial charge on any atom is 0.274 e. The van der Waals surface area contributed by atoms with Gasteiger partial charge in [0.1, 0.15) is 16.5 Å². The second-order valence-corrected chi connectivity index (χ2v) is 6.41. The zero-order chi connectivity index (χ0) is 17.2. The molecule has 1 amide bonds. The highest BCUT2D eigenvalue weighted by Gasteiger charge is 2.10. The van der Waals surface area contributed by atoms with Gasteiger partial charge >= 0.3 is 0 Å². The summed E-state index contributed by atoms with van der Waals surface area (Å²) in [6.45, 7) is 0. The van der Waals surface area contributed by atoms with Gasteiger partial charge in [-0.1, -0.05) is 24.3 Å². The average molecular weight is 349 g/mol. The Labute approximate surface area is 147 Å². The first kappa shape index (κ1) is 15.4. The summed E-state index contributed by atoms with van der Waals surface area (Å²) in [5.74, 6) is -0.865.